The first-order chi connectivity index (χ1) is 7.16. The van der Waals surface area contributed by atoms with E-state index in [1.807, 2.05) is 0 Å². The summed E-state index contributed by atoms with van der Waals surface area (Å²) in [4.78, 5) is 15.8. The molecule has 16 heavy (non-hydrogen) atoms. The highest BCUT2D eigenvalue weighted by atomic mass is 32.2. The van der Waals surface area contributed by atoms with Crippen molar-refractivity contribution in [1.29, 1.82) is 0 Å². The fourth-order valence-electron chi connectivity index (χ4n) is 1.04. The quantitative estimate of drug-likeness (QED) is 0.730. The normalized spacial score (nSPS) is 12.8. The van der Waals surface area contributed by atoms with E-state index >= 15 is 0 Å². The van der Waals surface area contributed by atoms with E-state index in [1.54, 1.807) is 7.05 Å². The lowest BCUT2D eigenvalue weighted by atomic mass is 10.1. The van der Waals surface area contributed by atoms with Gasteiger partial charge in [0.2, 0.25) is 0 Å². The Labute approximate surface area is 94.6 Å². The smallest absolute Gasteiger partial charge is 0.161 e. The predicted octanol–water partition coefficient (Wildman–Crippen LogP) is -0.250. The third-order valence-electron chi connectivity index (χ3n) is 2.72. The second kappa shape index (κ2) is 3.97. The molecule has 7 heteroatoms. The molecule has 90 valence electrons. The molecule has 1 rings (SSSR count). The number of aryl methyl sites for hydroxylation is 1. The zero-order valence-electron chi connectivity index (χ0n) is 9.76. The lowest BCUT2D eigenvalue weighted by molar-refractivity contribution is -0.120. The second-order valence-corrected chi connectivity index (χ2v) is 6.75. The Hall–Kier alpha value is -1.24. The van der Waals surface area contributed by atoms with Gasteiger partial charge in [0.1, 0.15) is 16.9 Å². The molecule has 0 bridgehead atoms. The van der Waals surface area contributed by atoms with Crippen LogP contribution in [0.2, 0.25) is 0 Å². The Morgan fingerprint density at radius 1 is 1.50 bits per heavy atom. The van der Waals surface area contributed by atoms with Crippen LogP contribution < -0.4 is 0 Å². The Kier molecular flexibility index (Phi) is 3.18. The minimum absolute atomic E-state index is 0.0312. The molecule has 0 aliphatic rings. The average Bonchev–Trinajstić information content (AvgIpc) is 2.49. The summed E-state index contributed by atoms with van der Waals surface area (Å²) in [6, 6.07) is 0. The van der Waals surface area contributed by atoms with Crippen molar-refractivity contribution in [2.75, 3.05) is 6.26 Å². The van der Waals surface area contributed by atoms with Crippen molar-refractivity contribution >= 4 is 15.6 Å². The van der Waals surface area contributed by atoms with E-state index in [0.717, 1.165) is 6.26 Å². The van der Waals surface area contributed by atoms with E-state index in [1.165, 1.54) is 24.9 Å². The number of hydrogen-bond donors (Lipinski definition) is 0. The molecule has 0 N–H and O–H groups in total. The molecule has 0 spiro atoms. The summed E-state index contributed by atoms with van der Waals surface area (Å²) in [5.41, 5.74) is 0. The zero-order valence-corrected chi connectivity index (χ0v) is 10.6. The average molecular weight is 245 g/mol. The minimum Gasteiger partial charge on any atom is -0.297 e. The molecule has 0 atom stereocenters. The predicted molar refractivity (Wildman–Crippen MR) is 58.6 cm³/mol. The van der Waals surface area contributed by atoms with Gasteiger partial charge < -0.3 is 0 Å². The van der Waals surface area contributed by atoms with Crippen LogP contribution in [0.3, 0.4) is 0 Å². The molecule has 0 fully saturated rings. The maximum absolute atomic E-state index is 11.9. The zero-order chi connectivity index (χ0) is 12.6. The van der Waals surface area contributed by atoms with Crippen molar-refractivity contribution in [2.24, 2.45) is 7.05 Å². The molecule has 0 radical (unpaired) electrons. The summed E-state index contributed by atoms with van der Waals surface area (Å²) in [6.07, 6.45) is 2.36. The molecule has 0 aliphatic heterocycles. The van der Waals surface area contributed by atoms with Gasteiger partial charge in [0.05, 0.1) is 6.42 Å². The monoisotopic (exact) mass is 245 g/mol. The number of hydrogen-bond acceptors (Lipinski definition) is 5. The van der Waals surface area contributed by atoms with E-state index in [2.05, 4.69) is 10.1 Å². The molecule has 6 nitrogen and oxygen atoms in total. The molecule has 0 amide bonds. The number of carbonyl (C=O) groups is 1. The maximum atomic E-state index is 11.9. The fraction of sp³-hybridized carbons (Fsp3) is 0.667. The Bertz CT molecular complexity index is 502. The number of nitrogens with zero attached hydrogens (tertiary/aromatic N) is 3. The van der Waals surface area contributed by atoms with Crippen LogP contribution in [0.25, 0.3) is 0 Å². The number of ketones is 1. The van der Waals surface area contributed by atoms with E-state index in [4.69, 9.17) is 0 Å². The van der Waals surface area contributed by atoms with Gasteiger partial charge in [-0.25, -0.2) is 13.4 Å². The summed E-state index contributed by atoms with van der Waals surface area (Å²) in [6.45, 7) is 2.81. The third-order valence-corrected chi connectivity index (χ3v) is 4.80. The number of Topliss-reactive ketones (excluding diaryl/α,β-unsaturated/α-hetero) is 1. The summed E-state index contributed by atoms with van der Waals surface area (Å²) in [5, 5.41) is 3.82. The second-order valence-electron chi connectivity index (χ2n) is 4.18. The fourth-order valence-corrected chi connectivity index (χ4v) is 1.53. The van der Waals surface area contributed by atoms with Crippen molar-refractivity contribution in [3.05, 3.63) is 12.2 Å². The highest BCUT2D eigenvalue weighted by molar-refractivity contribution is 7.92. The van der Waals surface area contributed by atoms with Crippen molar-refractivity contribution < 1.29 is 13.2 Å². The van der Waals surface area contributed by atoms with Gasteiger partial charge in [0, 0.05) is 13.3 Å². The van der Waals surface area contributed by atoms with Crippen LogP contribution in [0.5, 0.6) is 0 Å². The number of carbonyl (C=O) groups excluding carboxylic acids is 1. The van der Waals surface area contributed by atoms with Gasteiger partial charge in [0.15, 0.2) is 15.6 Å². The lowest BCUT2D eigenvalue weighted by Gasteiger charge is -2.20. The molecule has 0 saturated carbocycles. The first-order valence-corrected chi connectivity index (χ1v) is 6.61. The molecule has 0 aliphatic carbocycles. The van der Waals surface area contributed by atoms with Crippen molar-refractivity contribution in [1.82, 2.24) is 14.8 Å². The topological polar surface area (TPSA) is 81.9 Å². The largest absolute Gasteiger partial charge is 0.297 e. The third kappa shape index (κ3) is 2.29. The first-order valence-electron chi connectivity index (χ1n) is 4.72. The van der Waals surface area contributed by atoms with Gasteiger partial charge in [-0.15, -0.1) is 0 Å². The van der Waals surface area contributed by atoms with Crippen LogP contribution in [0.15, 0.2) is 6.33 Å². The van der Waals surface area contributed by atoms with Gasteiger partial charge >= 0.3 is 0 Å². The van der Waals surface area contributed by atoms with Crippen LogP contribution in [-0.4, -0.2) is 40.0 Å². The SMILES string of the molecule is Cn1ncnc1CC(=O)C(C)(C)S(C)(=O)=O. The van der Waals surface area contributed by atoms with Gasteiger partial charge in [-0.1, -0.05) is 0 Å². The Morgan fingerprint density at radius 3 is 2.44 bits per heavy atom. The summed E-state index contributed by atoms with van der Waals surface area (Å²) in [7, 11) is -1.77. The summed E-state index contributed by atoms with van der Waals surface area (Å²) < 4.78 is 23.0. The molecule has 0 aromatic carbocycles. The van der Waals surface area contributed by atoms with Crippen molar-refractivity contribution in [3.8, 4) is 0 Å². The maximum Gasteiger partial charge on any atom is 0.161 e. The molecular formula is C9H15N3O3S. The van der Waals surface area contributed by atoms with Crippen LogP contribution in [0, 0.1) is 0 Å². The van der Waals surface area contributed by atoms with E-state index < -0.39 is 14.6 Å². The van der Waals surface area contributed by atoms with Crippen LogP contribution >= 0.6 is 0 Å². The Balaban J connectivity index is 2.94. The number of aromatic nitrogens is 3. The number of rotatable bonds is 4. The van der Waals surface area contributed by atoms with Crippen molar-refractivity contribution in [2.45, 2.75) is 25.0 Å². The van der Waals surface area contributed by atoms with E-state index in [9.17, 15) is 13.2 Å². The van der Waals surface area contributed by atoms with Crippen LogP contribution in [-0.2, 0) is 28.1 Å². The minimum atomic E-state index is -3.42. The Morgan fingerprint density at radius 2 is 2.06 bits per heavy atom. The molecule has 1 aromatic heterocycles. The summed E-state index contributed by atoms with van der Waals surface area (Å²) >= 11 is 0. The standard InChI is InChI=1S/C9H15N3O3S/c1-9(2,16(4,14)15)7(13)5-8-10-6-11-12(8)3/h6H,5H2,1-4H3. The van der Waals surface area contributed by atoms with Gasteiger partial charge in [0.25, 0.3) is 0 Å². The highest BCUT2D eigenvalue weighted by Crippen LogP contribution is 2.18. The van der Waals surface area contributed by atoms with E-state index in [0.29, 0.717) is 5.82 Å². The highest BCUT2D eigenvalue weighted by Gasteiger charge is 2.38. The lowest BCUT2D eigenvalue weighted by Crippen LogP contribution is -2.41. The molecular weight excluding hydrogens is 230 g/mol. The first kappa shape index (κ1) is 12.8. The summed E-state index contributed by atoms with van der Waals surface area (Å²) in [5.74, 6) is 0.0767. The molecule has 1 heterocycles. The van der Waals surface area contributed by atoms with Gasteiger partial charge in [-0.3, -0.25) is 9.48 Å². The number of sulfone groups is 1. The molecule has 0 unspecified atom stereocenters. The van der Waals surface area contributed by atoms with Gasteiger partial charge in [-0.2, -0.15) is 5.10 Å². The van der Waals surface area contributed by atoms with Crippen LogP contribution in [0.1, 0.15) is 19.7 Å². The van der Waals surface area contributed by atoms with Gasteiger partial charge in [-0.05, 0) is 13.8 Å². The molecule has 0 saturated heterocycles. The van der Waals surface area contributed by atoms with E-state index in [-0.39, 0.29) is 12.2 Å². The van der Waals surface area contributed by atoms with Crippen molar-refractivity contribution in [3.63, 3.8) is 0 Å². The van der Waals surface area contributed by atoms with Crippen LogP contribution in [0.4, 0.5) is 0 Å². The molecule has 1 aromatic rings.